The molecule has 0 spiro atoms. The number of halogens is 1. The molecular weight excluding hydrogens is 264 g/mol. The second kappa shape index (κ2) is 6.24. The van der Waals surface area contributed by atoms with Crippen LogP contribution in [-0.2, 0) is 13.0 Å². The second-order valence-corrected chi connectivity index (χ2v) is 4.26. The molecule has 19 heavy (non-hydrogen) atoms. The molecule has 0 atom stereocenters. The summed E-state index contributed by atoms with van der Waals surface area (Å²) in [5.41, 5.74) is 2.16. The molecule has 1 N–H and O–H groups in total. The van der Waals surface area contributed by atoms with Gasteiger partial charge in [-0.05, 0) is 18.1 Å². The molecule has 0 fully saturated rings. The number of nitrogens with zero attached hydrogens (tertiary/aromatic N) is 3. The smallest absolute Gasteiger partial charge is 0.271 e. The highest BCUT2D eigenvalue weighted by Crippen LogP contribution is 2.06. The van der Waals surface area contributed by atoms with E-state index in [1.807, 2.05) is 19.1 Å². The lowest BCUT2D eigenvalue weighted by Crippen LogP contribution is -2.25. The first-order valence-corrected chi connectivity index (χ1v) is 6.27. The minimum atomic E-state index is -0.317. The summed E-state index contributed by atoms with van der Waals surface area (Å²) < 4.78 is 0. The van der Waals surface area contributed by atoms with Crippen molar-refractivity contribution in [3.8, 4) is 0 Å². The molecule has 0 saturated heterocycles. The van der Waals surface area contributed by atoms with E-state index in [1.165, 1.54) is 12.4 Å². The SMILES string of the molecule is CCc1cccnc1CNC(=O)c1cncc(Cl)n1. The van der Waals surface area contributed by atoms with Crippen LogP contribution in [-0.4, -0.2) is 20.9 Å². The van der Waals surface area contributed by atoms with E-state index in [2.05, 4.69) is 20.3 Å². The summed E-state index contributed by atoms with van der Waals surface area (Å²) in [4.78, 5) is 23.8. The van der Waals surface area contributed by atoms with Crippen LogP contribution in [0, 0.1) is 0 Å². The topological polar surface area (TPSA) is 67.8 Å². The predicted octanol–water partition coefficient (Wildman–Crippen LogP) is 2.02. The molecule has 2 aromatic rings. The lowest BCUT2D eigenvalue weighted by Gasteiger charge is -2.07. The fourth-order valence-corrected chi connectivity index (χ4v) is 1.81. The third kappa shape index (κ3) is 3.48. The minimum Gasteiger partial charge on any atom is -0.345 e. The first-order chi connectivity index (χ1) is 9.20. The van der Waals surface area contributed by atoms with Crippen LogP contribution in [0.3, 0.4) is 0 Å². The van der Waals surface area contributed by atoms with Crippen molar-refractivity contribution in [3.05, 3.63) is 52.8 Å². The molecule has 0 aliphatic heterocycles. The van der Waals surface area contributed by atoms with E-state index in [9.17, 15) is 4.79 Å². The number of carbonyl (C=O) groups is 1. The van der Waals surface area contributed by atoms with Gasteiger partial charge in [0.05, 0.1) is 24.6 Å². The molecule has 5 nitrogen and oxygen atoms in total. The van der Waals surface area contributed by atoms with Crippen molar-refractivity contribution in [3.63, 3.8) is 0 Å². The van der Waals surface area contributed by atoms with Gasteiger partial charge in [0.15, 0.2) is 0 Å². The lowest BCUT2D eigenvalue weighted by atomic mass is 10.1. The third-order valence-electron chi connectivity index (χ3n) is 2.62. The molecule has 0 saturated carbocycles. The van der Waals surface area contributed by atoms with Crippen molar-refractivity contribution in [2.45, 2.75) is 19.9 Å². The Hall–Kier alpha value is -2.01. The number of rotatable bonds is 4. The minimum absolute atomic E-state index is 0.194. The first kappa shape index (κ1) is 13.4. The van der Waals surface area contributed by atoms with E-state index >= 15 is 0 Å². The maximum Gasteiger partial charge on any atom is 0.271 e. The Balaban J connectivity index is 2.04. The van der Waals surface area contributed by atoms with Crippen LogP contribution in [0.5, 0.6) is 0 Å². The molecule has 0 bridgehead atoms. The fraction of sp³-hybridized carbons (Fsp3) is 0.231. The zero-order valence-electron chi connectivity index (χ0n) is 10.4. The fourth-order valence-electron chi connectivity index (χ4n) is 1.66. The molecule has 2 rings (SSSR count). The van der Waals surface area contributed by atoms with Crippen LogP contribution < -0.4 is 5.32 Å². The number of hydrogen-bond acceptors (Lipinski definition) is 4. The highest BCUT2D eigenvalue weighted by atomic mass is 35.5. The predicted molar refractivity (Wildman–Crippen MR) is 71.8 cm³/mol. The Morgan fingerprint density at radius 1 is 1.42 bits per heavy atom. The Labute approximate surface area is 116 Å². The van der Waals surface area contributed by atoms with Gasteiger partial charge in [-0.25, -0.2) is 4.98 Å². The van der Waals surface area contributed by atoms with Crippen LogP contribution in [0.25, 0.3) is 0 Å². The summed E-state index contributed by atoms with van der Waals surface area (Å²) in [6, 6.07) is 3.88. The van der Waals surface area contributed by atoms with Gasteiger partial charge in [0.25, 0.3) is 5.91 Å². The molecule has 0 aliphatic rings. The zero-order valence-corrected chi connectivity index (χ0v) is 11.2. The van der Waals surface area contributed by atoms with Crippen LogP contribution >= 0.6 is 11.6 Å². The van der Waals surface area contributed by atoms with Gasteiger partial charge in [0, 0.05) is 6.20 Å². The van der Waals surface area contributed by atoms with Crippen molar-refractivity contribution in [2.24, 2.45) is 0 Å². The molecular formula is C13H13ClN4O. The van der Waals surface area contributed by atoms with Crippen LogP contribution in [0.4, 0.5) is 0 Å². The van der Waals surface area contributed by atoms with Gasteiger partial charge in [-0.2, -0.15) is 0 Å². The van der Waals surface area contributed by atoms with Gasteiger partial charge in [-0.15, -0.1) is 0 Å². The molecule has 1 amide bonds. The standard InChI is InChI=1S/C13H13ClN4O/c1-2-9-4-3-5-16-10(9)7-17-13(19)11-6-15-8-12(14)18-11/h3-6,8H,2,7H2,1H3,(H,17,19). The maximum atomic E-state index is 11.9. The highest BCUT2D eigenvalue weighted by molar-refractivity contribution is 6.29. The number of aromatic nitrogens is 3. The number of amides is 1. The van der Waals surface area contributed by atoms with E-state index in [0.29, 0.717) is 6.54 Å². The first-order valence-electron chi connectivity index (χ1n) is 5.89. The van der Waals surface area contributed by atoms with E-state index in [-0.39, 0.29) is 16.8 Å². The second-order valence-electron chi connectivity index (χ2n) is 3.87. The van der Waals surface area contributed by atoms with Gasteiger partial charge >= 0.3 is 0 Å². The van der Waals surface area contributed by atoms with Gasteiger partial charge in [-0.3, -0.25) is 14.8 Å². The lowest BCUT2D eigenvalue weighted by molar-refractivity contribution is 0.0945. The number of carbonyl (C=O) groups excluding carboxylic acids is 1. The van der Waals surface area contributed by atoms with E-state index in [0.717, 1.165) is 17.7 Å². The molecule has 0 aromatic carbocycles. The molecule has 2 heterocycles. The molecule has 0 aliphatic carbocycles. The number of hydrogen-bond donors (Lipinski definition) is 1. The van der Waals surface area contributed by atoms with E-state index in [4.69, 9.17) is 11.6 Å². The Bertz CT molecular complexity index is 588. The van der Waals surface area contributed by atoms with Crippen molar-refractivity contribution in [1.29, 1.82) is 0 Å². The van der Waals surface area contributed by atoms with Gasteiger partial charge in [-0.1, -0.05) is 24.6 Å². The molecule has 98 valence electrons. The third-order valence-corrected chi connectivity index (χ3v) is 2.80. The average Bonchev–Trinajstić information content (AvgIpc) is 2.45. The summed E-state index contributed by atoms with van der Waals surface area (Å²) >= 11 is 5.69. The Kier molecular flexibility index (Phi) is 4.41. The summed E-state index contributed by atoms with van der Waals surface area (Å²) in [6.45, 7) is 2.40. The molecule has 0 radical (unpaired) electrons. The number of nitrogens with one attached hydrogen (secondary N) is 1. The quantitative estimate of drug-likeness (QED) is 0.928. The van der Waals surface area contributed by atoms with Crippen LogP contribution in [0.15, 0.2) is 30.7 Å². The van der Waals surface area contributed by atoms with Gasteiger partial charge in [0.1, 0.15) is 10.8 Å². The van der Waals surface area contributed by atoms with Gasteiger partial charge in [0.2, 0.25) is 0 Å². The summed E-state index contributed by atoms with van der Waals surface area (Å²) in [6.07, 6.45) is 5.34. The van der Waals surface area contributed by atoms with Gasteiger partial charge < -0.3 is 5.32 Å². The van der Waals surface area contributed by atoms with Crippen molar-refractivity contribution in [2.75, 3.05) is 0 Å². The Morgan fingerprint density at radius 2 is 2.26 bits per heavy atom. The summed E-state index contributed by atoms with van der Waals surface area (Å²) in [5, 5.41) is 2.95. The molecule has 2 aromatic heterocycles. The Morgan fingerprint density at radius 3 is 3.00 bits per heavy atom. The average molecular weight is 277 g/mol. The normalized spacial score (nSPS) is 10.2. The number of aryl methyl sites for hydroxylation is 1. The zero-order chi connectivity index (χ0) is 13.7. The van der Waals surface area contributed by atoms with Crippen molar-refractivity contribution >= 4 is 17.5 Å². The number of pyridine rings is 1. The highest BCUT2D eigenvalue weighted by Gasteiger charge is 2.09. The van der Waals surface area contributed by atoms with Crippen LogP contribution in [0.2, 0.25) is 5.15 Å². The monoisotopic (exact) mass is 276 g/mol. The molecule has 0 unspecified atom stereocenters. The maximum absolute atomic E-state index is 11.9. The summed E-state index contributed by atoms with van der Waals surface area (Å²) in [5.74, 6) is -0.317. The van der Waals surface area contributed by atoms with E-state index in [1.54, 1.807) is 6.20 Å². The largest absolute Gasteiger partial charge is 0.345 e. The van der Waals surface area contributed by atoms with Crippen molar-refractivity contribution < 1.29 is 4.79 Å². The van der Waals surface area contributed by atoms with E-state index < -0.39 is 0 Å². The summed E-state index contributed by atoms with van der Waals surface area (Å²) in [7, 11) is 0. The van der Waals surface area contributed by atoms with Crippen LogP contribution in [0.1, 0.15) is 28.7 Å². The molecule has 6 heteroatoms. The van der Waals surface area contributed by atoms with Crippen molar-refractivity contribution in [1.82, 2.24) is 20.3 Å².